The third-order valence-electron chi connectivity index (χ3n) is 2.80. The van der Waals surface area contributed by atoms with E-state index in [4.69, 9.17) is 19.9 Å². The molecule has 0 fully saturated rings. The molecule has 0 aliphatic rings. The van der Waals surface area contributed by atoms with Crippen molar-refractivity contribution in [1.82, 2.24) is 4.98 Å². The number of fused-ring (bicyclic) bond motifs is 1. The van der Waals surface area contributed by atoms with Crippen molar-refractivity contribution >= 4 is 22.4 Å². The average Bonchev–Trinajstić information content (AvgIpc) is 2.45. The van der Waals surface area contributed by atoms with Gasteiger partial charge in [-0.05, 0) is 6.07 Å². The number of nitrogen functional groups attached to an aromatic ring is 1. The lowest BCUT2D eigenvalue weighted by Crippen LogP contribution is -2.07. The first-order chi connectivity index (χ1) is 9.13. The summed E-state index contributed by atoms with van der Waals surface area (Å²) >= 11 is 0. The lowest BCUT2D eigenvalue weighted by Gasteiger charge is -2.14. The third-order valence-corrected chi connectivity index (χ3v) is 2.80. The lowest BCUT2D eigenvalue weighted by molar-refractivity contribution is 0.0596. The number of hydrogen-bond acceptors (Lipinski definition) is 6. The van der Waals surface area contributed by atoms with Crippen LogP contribution in [0.25, 0.3) is 10.8 Å². The van der Waals surface area contributed by atoms with E-state index >= 15 is 0 Å². The van der Waals surface area contributed by atoms with Gasteiger partial charge in [0.05, 0.1) is 26.7 Å². The summed E-state index contributed by atoms with van der Waals surface area (Å²) in [6.07, 6.45) is 1.50. The number of benzene rings is 1. The monoisotopic (exact) mass is 262 g/mol. The molecule has 0 bridgehead atoms. The van der Waals surface area contributed by atoms with Crippen molar-refractivity contribution in [3.63, 3.8) is 0 Å². The van der Waals surface area contributed by atoms with E-state index in [1.165, 1.54) is 27.5 Å². The van der Waals surface area contributed by atoms with Gasteiger partial charge in [0.2, 0.25) is 0 Å². The van der Waals surface area contributed by atoms with E-state index in [9.17, 15) is 4.79 Å². The Morgan fingerprint density at radius 2 is 2.00 bits per heavy atom. The number of carbonyl (C=O) groups excluding carboxylic acids is 1. The molecule has 2 N–H and O–H groups in total. The van der Waals surface area contributed by atoms with Gasteiger partial charge in [0.15, 0.2) is 17.2 Å². The molecule has 0 atom stereocenters. The van der Waals surface area contributed by atoms with Gasteiger partial charge in [0.25, 0.3) is 0 Å². The van der Waals surface area contributed by atoms with Crippen molar-refractivity contribution in [1.29, 1.82) is 0 Å². The third kappa shape index (κ3) is 2.01. The molecule has 0 spiro atoms. The smallest absolute Gasteiger partial charge is 0.357 e. The molecule has 1 aromatic carbocycles. The zero-order valence-electron chi connectivity index (χ0n) is 10.9. The van der Waals surface area contributed by atoms with Gasteiger partial charge in [-0.2, -0.15) is 0 Å². The van der Waals surface area contributed by atoms with E-state index in [0.717, 1.165) is 0 Å². The van der Waals surface area contributed by atoms with Gasteiger partial charge in [-0.3, -0.25) is 0 Å². The second-order valence-electron chi connectivity index (χ2n) is 3.78. The second-order valence-corrected chi connectivity index (χ2v) is 3.78. The van der Waals surface area contributed by atoms with Crippen LogP contribution in [0.2, 0.25) is 0 Å². The highest BCUT2D eigenvalue weighted by Gasteiger charge is 2.20. The van der Waals surface area contributed by atoms with E-state index in [1.54, 1.807) is 12.1 Å². The summed E-state index contributed by atoms with van der Waals surface area (Å²) in [6.45, 7) is 0. The van der Waals surface area contributed by atoms with E-state index in [2.05, 4.69) is 4.98 Å². The molecule has 2 aromatic rings. The number of ether oxygens (including phenoxy) is 3. The van der Waals surface area contributed by atoms with Crippen molar-refractivity contribution in [2.24, 2.45) is 0 Å². The van der Waals surface area contributed by atoms with Gasteiger partial charge in [-0.25, -0.2) is 9.78 Å². The predicted octanol–water partition coefficient (Wildman–Crippen LogP) is 1.62. The Labute approximate surface area is 110 Å². The van der Waals surface area contributed by atoms with Gasteiger partial charge < -0.3 is 19.9 Å². The Balaban J connectivity index is 2.92. The molecule has 0 saturated heterocycles. The molecule has 0 amide bonds. The average molecular weight is 262 g/mol. The Kier molecular flexibility index (Phi) is 3.41. The van der Waals surface area contributed by atoms with Crippen molar-refractivity contribution in [2.75, 3.05) is 27.1 Å². The number of rotatable bonds is 3. The lowest BCUT2D eigenvalue weighted by atomic mass is 10.1. The van der Waals surface area contributed by atoms with Gasteiger partial charge in [-0.1, -0.05) is 0 Å². The van der Waals surface area contributed by atoms with Crippen LogP contribution in [0.15, 0.2) is 18.3 Å². The van der Waals surface area contributed by atoms with Crippen LogP contribution in [0, 0.1) is 0 Å². The summed E-state index contributed by atoms with van der Waals surface area (Å²) < 4.78 is 15.2. The van der Waals surface area contributed by atoms with E-state index in [1.807, 2.05) is 0 Å². The van der Waals surface area contributed by atoms with Crippen molar-refractivity contribution in [2.45, 2.75) is 0 Å². The maximum atomic E-state index is 11.8. The molecule has 6 heteroatoms. The Morgan fingerprint density at radius 3 is 2.58 bits per heavy atom. The zero-order chi connectivity index (χ0) is 14.0. The molecule has 6 nitrogen and oxygen atoms in total. The minimum Gasteiger partial charge on any atom is -0.493 e. The molecule has 19 heavy (non-hydrogen) atoms. The summed E-state index contributed by atoms with van der Waals surface area (Å²) in [5.74, 6) is 0.280. The molecule has 0 unspecified atom stereocenters. The zero-order valence-corrected chi connectivity index (χ0v) is 10.9. The minimum atomic E-state index is -0.559. The summed E-state index contributed by atoms with van der Waals surface area (Å²) in [7, 11) is 4.28. The molecule has 1 heterocycles. The van der Waals surface area contributed by atoms with E-state index in [-0.39, 0.29) is 5.69 Å². The highest BCUT2D eigenvalue weighted by atomic mass is 16.5. The van der Waals surface area contributed by atoms with Crippen LogP contribution in [0.3, 0.4) is 0 Å². The van der Waals surface area contributed by atoms with Crippen LogP contribution in [0.1, 0.15) is 10.5 Å². The number of aromatic nitrogens is 1. The molecule has 100 valence electrons. The number of nitrogens with two attached hydrogens (primary N) is 1. The number of methoxy groups -OCH3 is 3. The number of nitrogens with zero attached hydrogens (tertiary/aromatic N) is 1. The molecule has 0 aliphatic heterocycles. The van der Waals surface area contributed by atoms with Crippen molar-refractivity contribution in [3.05, 3.63) is 24.0 Å². The number of hydrogen-bond donors (Lipinski definition) is 1. The predicted molar refractivity (Wildman–Crippen MR) is 70.6 cm³/mol. The van der Waals surface area contributed by atoms with Crippen molar-refractivity contribution < 1.29 is 19.0 Å². The second kappa shape index (κ2) is 5.01. The summed E-state index contributed by atoms with van der Waals surface area (Å²) in [6, 6.07) is 3.35. The number of carbonyl (C=O) groups is 1. The fourth-order valence-corrected chi connectivity index (χ4v) is 1.95. The van der Waals surface area contributed by atoms with Gasteiger partial charge in [-0.15, -0.1) is 0 Å². The van der Waals surface area contributed by atoms with Crippen LogP contribution in [0.4, 0.5) is 5.69 Å². The fraction of sp³-hybridized carbons (Fsp3) is 0.231. The molecular formula is C13H14N2O4. The number of pyridine rings is 1. The Bertz CT molecular complexity index is 640. The summed E-state index contributed by atoms with van der Waals surface area (Å²) in [4.78, 5) is 15.8. The highest BCUT2D eigenvalue weighted by molar-refractivity contribution is 6.10. The highest BCUT2D eigenvalue weighted by Crippen LogP contribution is 2.40. The van der Waals surface area contributed by atoms with Gasteiger partial charge in [0, 0.05) is 23.3 Å². The SMILES string of the molecule is COC(=O)c1nccc2c(N)cc(OC)c(OC)c12. The quantitative estimate of drug-likeness (QED) is 0.668. The van der Waals surface area contributed by atoms with Crippen LogP contribution in [0.5, 0.6) is 11.5 Å². The number of esters is 1. The Morgan fingerprint density at radius 1 is 1.26 bits per heavy atom. The molecule has 0 radical (unpaired) electrons. The fourth-order valence-electron chi connectivity index (χ4n) is 1.95. The molecular weight excluding hydrogens is 248 g/mol. The topological polar surface area (TPSA) is 83.7 Å². The van der Waals surface area contributed by atoms with Gasteiger partial charge in [0.1, 0.15) is 0 Å². The minimum absolute atomic E-state index is 0.141. The first-order valence-corrected chi connectivity index (χ1v) is 5.51. The maximum absolute atomic E-state index is 11.8. The van der Waals surface area contributed by atoms with Crippen molar-refractivity contribution in [3.8, 4) is 11.5 Å². The first kappa shape index (κ1) is 12.9. The summed E-state index contributed by atoms with van der Waals surface area (Å²) in [5.41, 5.74) is 6.56. The van der Waals surface area contributed by atoms with Crippen LogP contribution < -0.4 is 15.2 Å². The normalized spacial score (nSPS) is 10.3. The largest absolute Gasteiger partial charge is 0.493 e. The molecule has 0 saturated carbocycles. The van der Waals surface area contributed by atoms with Crippen LogP contribution in [-0.4, -0.2) is 32.3 Å². The van der Waals surface area contributed by atoms with E-state index in [0.29, 0.717) is 28.0 Å². The maximum Gasteiger partial charge on any atom is 0.357 e. The molecule has 2 rings (SSSR count). The molecule has 1 aromatic heterocycles. The molecule has 0 aliphatic carbocycles. The Hall–Kier alpha value is -2.50. The van der Waals surface area contributed by atoms with Crippen LogP contribution in [-0.2, 0) is 4.74 Å². The van der Waals surface area contributed by atoms with Gasteiger partial charge >= 0.3 is 5.97 Å². The first-order valence-electron chi connectivity index (χ1n) is 5.51. The summed E-state index contributed by atoms with van der Waals surface area (Å²) in [5, 5.41) is 1.14. The standard InChI is InChI=1S/C13H14N2O4/c1-17-9-6-8(14)7-4-5-15-11(13(16)19-3)10(7)12(9)18-2/h4-6H,14H2,1-3H3. The van der Waals surface area contributed by atoms with Crippen LogP contribution >= 0.6 is 0 Å². The number of anilines is 1. The van der Waals surface area contributed by atoms with E-state index < -0.39 is 5.97 Å².